The van der Waals surface area contributed by atoms with Crippen molar-refractivity contribution in [3.63, 3.8) is 0 Å². The predicted molar refractivity (Wildman–Crippen MR) is 68.8 cm³/mol. The number of nitrogen functional groups attached to an aromatic ring is 1. The van der Waals surface area contributed by atoms with Crippen LogP contribution in [0.4, 0.5) is 5.69 Å². The molecule has 0 saturated carbocycles. The third-order valence-electron chi connectivity index (χ3n) is 3.01. The molecule has 1 aromatic carbocycles. The summed E-state index contributed by atoms with van der Waals surface area (Å²) >= 11 is 0. The molecule has 0 aromatic heterocycles. The Morgan fingerprint density at radius 2 is 2.17 bits per heavy atom. The van der Waals surface area contributed by atoms with E-state index in [1.165, 1.54) is 0 Å². The lowest BCUT2D eigenvalue weighted by atomic mass is 10.1. The van der Waals surface area contributed by atoms with Crippen molar-refractivity contribution < 1.29 is 9.59 Å². The number of nitrogens with one attached hydrogen (secondary N) is 1. The van der Waals surface area contributed by atoms with Gasteiger partial charge in [0.05, 0.1) is 13.0 Å². The van der Waals surface area contributed by atoms with Gasteiger partial charge in [-0.25, -0.2) is 0 Å². The molecule has 96 valence electrons. The van der Waals surface area contributed by atoms with E-state index in [1.807, 2.05) is 18.2 Å². The maximum absolute atomic E-state index is 12.1. The Kier molecular flexibility index (Phi) is 3.82. The first-order valence-electron chi connectivity index (χ1n) is 6.04. The number of anilines is 1. The smallest absolute Gasteiger partial charge is 0.239 e. The molecule has 1 aliphatic rings. The lowest BCUT2D eigenvalue weighted by Crippen LogP contribution is -2.38. The van der Waals surface area contributed by atoms with Crippen LogP contribution in [0.5, 0.6) is 0 Å². The minimum absolute atomic E-state index is 0.0510. The van der Waals surface area contributed by atoms with Gasteiger partial charge in [-0.1, -0.05) is 18.2 Å². The number of benzene rings is 1. The number of rotatable bonds is 2. The Hall–Kier alpha value is -2.04. The Labute approximate surface area is 106 Å². The highest BCUT2D eigenvalue weighted by Crippen LogP contribution is 2.12. The van der Waals surface area contributed by atoms with Gasteiger partial charge >= 0.3 is 0 Å². The van der Waals surface area contributed by atoms with Crippen LogP contribution in [0, 0.1) is 0 Å². The number of hydrogen-bond acceptors (Lipinski definition) is 3. The van der Waals surface area contributed by atoms with E-state index in [0.29, 0.717) is 18.8 Å². The van der Waals surface area contributed by atoms with E-state index in [9.17, 15) is 9.59 Å². The summed E-state index contributed by atoms with van der Waals surface area (Å²) in [7, 11) is 0. The Morgan fingerprint density at radius 1 is 1.39 bits per heavy atom. The molecule has 0 bridgehead atoms. The largest absolute Gasteiger partial charge is 0.398 e. The number of carbonyl (C=O) groups is 2. The first-order chi connectivity index (χ1) is 8.66. The van der Waals surface area contributed by atoms with Crippen molar-refractivity contribution in [1.29, 1.82) is 0 Å². The highest BCUT2D eigenvalue weighted by Gasteiger charge is 2.20. The number of amides is 2. The maximum Gasteiger partial charge on any atom is 0.239 e. The summed E-state index contributed by atoms with van der Waals surface area (Å²) in [6.45, 7) is 1.39. The van der Waals surface area contributed by atoms with Crippen LogP contribution in [0.3, 0.4) is 0 Å². The van der Waals surface area contributed by atoms with Crippen molar-refractivity contribution in [1.82, 2.24) is 10.2 Å². The molecule has 1 aromatic rings. The molecule has 1 heterocycles. The molecule has 0 atom stereocenters. The van der Waals surface area contributed by atoms with Crippen molar-refractivity contribution in [3.8, 4) is 0 Å². The summed E-state index contributed by atoms with van der Waals surface area (Å²) in [6, 6.07) is 7.31. The highest BCUT2D eigenvalue weighted by atomic mass is 16.2. The molecule has 1 fully saturated rings. The summed E-state index contributed by atoms with van der Waals surface area (Å²) in [6.07, 6.45) is 1.04. The highest BCUT2D eigenvalue weighted by molar-refractivity contribution is 5.86. The van der Waals surface area contributed by atoms with E-state index in [0.717, 1.165) is 12.0 Å². The number of carbonyl (C=O) groups excluding carboxylic acids is 2. The van der Waals surface area contributed by atoms with Crippen molar-refractivity contribution in [2.24, 2.45) is 0 Å². The summed E-state index contributed by atoms with van der Waals surface area (Å²) < 4.78 is 0. The van der Waals surface area contributed by atoms with Gasteiger partial charge in [0.15, 0.2) is 0 Å². The van der Waals surface area contributed by atoms with Crippen molar-refractivity contribution >= 4 is 17.5 Å². The SMILES string of the molecule is Nc1ccccc1CC(=O)N1CCCNC(=O)C1. The van der Waals surface area contributed by atoms with Gasteiger partial charge in [0.2, 0.25) is 11.8 Å². The Morgan fingerprint density at radius 3 is 2.94 bits per heavy atom. The molecule has 2 amide bonds. The van der Waals surface area contributed by atoms with Crippen LogP contribution < -0.4 is 11.1 Å². The van der Waals surface area contributed by atoms with Crippen LogP contribution in [0.15, 0.2) is 24.3 Å². The van der Waals surface area contributed by atoms with Gasteiger partial charge in [-0.3, -0.25) is 9.59 Å². The van der Waals surface area contributed by atoms with Crippen molar-refractivity contribution in [2.45, 2.75) is 12.8 Å². The lowest BCUT2D eigenvalue weighted by Gasteiger charge is -2.19. The third kappa shape index (κ3) is 3.00. The molecule has 0 unspecified atom stereocenters. The van der Waals surface area contributed by atoms with E-state index in [4.69, 9.17) is 5.73 Å². The minimum atomic E-state index is -0.0955. The number of hydrogen-bond donors (Lipinski definition) is 2. The van der Waals surface area contributed by atoms with Crippen LogP contribution in [0.25, 0.3) is 0 Å². The third-order valence-corrected chi connectivity index (χ3v) is 3.01. The van der Waals surface area contributed by atoms with Crippen LogP contribution in [-0.2, 0) is 16.0 Å². The zero-order valence-corrected chi connectivity index (χ0v) is 10.2. The standard InChI is InChI=1S/C13H17N3O2/c14-11-5-2-1-4-10(11)8-13(18)16-7-3-6-15-12(17)9-16/h1-2,4-5H,3,6-9,14H2,(H,15,17). The van der Waals surface area contributed by atoms with Crippen LogP contribution in [-0.4, -0.2) is 36.3 Å². The van der Waals surface area contributed by atoms with E-state index in [1.54, 1.807) is 11.0 Å². The van der Waals surface area contributed by atoms with Gasteiger partial charge in [-0.05, 0) is 18.1 Å². The fraction of sp³-hybridized carbons (Fsp3) is 0.385. The van der Waals surface area contributed by atoms with Gasteiger partial charge in [0.1, 0.15) is 0 Å². The second-order valence-electron chi connectivity index (χ2n) is 4.39. The second kappa shape index (κ2) is 5.53. The first-order valence-corrected chi connectivity index (χ1v) is 6.04. The number of nitrogens with zero attached hydrogens (tertiary/aromatic N) is 1. The van der Waals surface area contributed by atoms with Gasteiger partial charge < -0.3 is 16.0 Å². The molecule has 2 rings (SSSR count). The molecule has 1 aliphatic heterocycles. The molecule has 1 saturated heterocycles. The molecule has 3 N–H and O–H groups in total. The van der Waals surface area contributed by atoms with Gasteiger partial charge in [0.25, 0.3) is 0 Å². The average Bonchev–Trinajstić information content (AvgIpc) is 2.57. The summed E-state index contributed by atoms with van der Waals surface area (Å²) in [5.74, 6) is -0.146. The van der Waals surface area contributed by atoms with Crippen molar-refractivity contribution in [3.05, 3.63) is 29.8 Å². The van der Waals surface area contributed by atoms with Crippen LogP contribution in [0.1, 0.15) is 12.0 Å². The van der Waals surface area contributed by atoms with Crippen LogP contribution >= 0.6 is 0 Å². The molecule has 0 spiro atoms. The zero-order chi connectivity index (χ0) is 13.0. The quantitative estimate of drug-likeness (QED) is 0.731. The number of para-hydroxylation sites is 1. The minimum Gasteiger partial charge on any atom is -0.398 e. The Balaban J connectivity index is 2.03. The summed E-state index contributed by atoms with van der Waals surface area (Å²) in [4.78, 5) is 25.1. The summed E-state index contributed by atoms with van der Waals surface area (Å²) in [5.41, 5.74) is 7.23. The predicted octanol–water partition coefficient (Wildman–Crippen LogP) is 0.160. The normalized spacial score (nSPS) is 16.0. The van der Waals surface area contributed by atoms with E-state index in [2.05, 4.69) is 5.32 Å². The maximum atomic E-state index is 12.1. The molecule has 0 aliphatic carbocycles. The molecular formula is C13H17N3O2. The van der Waals surface area contributed by atoms with Gasteiger partial charge in [0, 0.05) is 18.8 Å². The molecular weight excluding hydrogens is 230 g/mol. The van der Waals surface area contributed by atoms with E-state index < -0.39 is 0 Å². The first kappa shape index (κ1) is 12.4. The fourth-order valence-electron chi connectivity index (χ4n) is 1.99. The molecule has 5 nitrogen and oxygen atoms in total. The monoisotopic (exact) mass is 247 g/mol. The zero-order valence-electron chi connectivity index (χ0n) is 10.2. The molecule has 5 heteroatoms. The van der Waals surface area contributed by atoms with E-state index >= 15 is 0 Å². The lowest BCUT2D eigenvalue weighted by molar-refractivity contribution is -0.134. The van der Waals surface area contributed by atoms with Crippen molar-refractivity contribution in [2.75, 3.05) is 25.4 Å². The second-order valence-corrected chi connectivity index (χ2v) is 4.39. The molecule has 0 radical (unpaired) electrons. The van der Waals surface area contributed by atoms with Gasteiger partial charge in [-0.2, -0.15) is 0 Å². The summed E-state index contributed by atoms with van der Waals surface area (Å²) in [5, 5.41) is 2.75. The topological polar surface area (TPSA) is 75.4 Å². The fourth-order valence-corrected chi connectivity index (χ4v) is 1.99. The van der Waals surface area contributed by atoms with E-state index in [-0.39, 0.29) is 24.8 Å². The average molecular weight is 247 g/mol. The van der Waals surface area contributed by atoms with Crippen LogP contribution in [0.2, 0.25) is 0 Å². The number of nitrogens with two attached hydrogens (primary N) is 1. The Bertz CT molecular complexity index is 459. The molecule has 18 heavy (non-hydrogen) atoms. The van der Waals surface area contributed by atoms with Gasteiger partial charge in [-0.15, -0.1) is 0 Å².